The highest BCUT2D eigenvalue weighted by molar-refractivity contribution is 5.84. The summed E-state index contributed by atoms with van der Waals surface area (Å²) in [4.78, 5) is 17.9. The second-order valence-electron chi connectivity index (χ2n) is 7.31. The van der Waals surface area contributed by atoms with Gasteiger partial charge in [-0.15, -0.1) is 0 Å². The summed E-state index contributed by atoms with van der Waals surface area (Å²) >= 11 is 0. The third-order valence-electron chi connectivity index (χ3n) is 4.67. The number of nitrogens with one attached hydrogen (secondary N) is 2. The van der Waals surface area contributed by atoms with Crippen LogP contribution in [0.2, 0.25) is 0 Å². The number of para-hydroxylation sites is 1. The summed E-state index contributed by atoms with van der Waals surface area (Å²) in [6, 6.07) is 8.20. The number of hydrogen-bond acceptors (Lipinski definition) is 3. The molecule has 0 radical (unpaired) electrons. The normalized spacial score (nSPS) is 18.8. The predicted molar refractivity (Wildman–Crippen MR) is 101 cm³/mol. The van der Waals surface area contributed by atoms with Crippen molar-refractivity contribution in [2.45, 2.75) is 32.8 Å². The van der Waals surface area contributed by atoms with Crippen LogP contribution in [-0.4, -0.2) is 54.7 Å². The molecule has 1 aliphatic rings. The SMILES string of the molecule is CC(C)CN1CCOC(CNC(=O)CCc2c[nH]c3ccccc23)C1. The predicted octanol–water partition coefficient (Wildman–Crippen LogP) is 2.57. The van der Waals surface area contributed by atoms with Crippen LogP contribution in [0.4, 0.5) is 0 Å². The molecule has 3 rings (SSSR count). The molecule has 2 heterocycles. The van der Waals surface area contributed by atoms with Crippen LogP contribution < -0.4 is 5.32 Å². The number of carbonyl (C=O) groups is 1. The Hall–Kier alpha value is -1.85. The Labute approximate surface area is 149 Å². The molecule has 1 fully saturated rings. The number of benzene rings is 1. The van der Waals surface area contributed by atoms with E-state index in [0.29, 0.717) is 18.9 Å². The van der Waals surface area contributed by atoms with Gasteiger partial charge in [0, 0.05) is 49.7 Å². The van der Waals surface area contributed by atoms with Crippen LogP contribution in [0.5, 0.6) is 0 Å². The van der Waals surface area contributed by atoms with Gasteiger partial charge in [0.1, 0.15) is 0 Å². The lowest BCUT2D eigenvalue weighted by molar-refractivity contribution is -0.122. The second kappa shape index (κ2) is 8.50. The molecular formula is C20H29N3O2. The summed E-state index contributed by atoms with van der Waals surface area (Å²) in [6.45, 7) is 8.80. The van der Waals surface area contributed by atoms with Crippen molar-refractivity contribution >= 4 is 16.8 Å². The molecule has 0 aliphatic carbocycles. The van der Waals surface area contributed by atoms with E-state index >= 15 is 0 Å². The highest BCUT2D eigenvalue weighted by atomic mass is 16.5. The van der Waals surface area contributed by atoms with Crippen LogP contribution in [0.3, 0.4) is 0 Å². The van der Waals surface area contributed by atoms with E-state index in [-0.39, 0.29) is 12.0 Å². The lowest BCUT2D eigenvalue weighted by Crippen LogP contribution is -2.48. The molecule has 2 N–H and O–H groups in total. The average Bonchev–Trinajstić information content (AvgIpc) is 3.01. The Kier molecular flexibility index (Phi) is 6.10. The fraction of sp³-hybridized carbons (Fsp3) is 0.550. The summed E-state index contributed by atoms with van der Waals surface area (Å²) < 4.78 is 5.79. The van der Waals surface area contributed by atoms with Gasteiger partial charge in [-0.25, -0.2) is 0 Å². The lowest BCUT2D eigenvalue weighted by Gasteiger charge is -2.33. The van der Waals surface area contributed by atoms with Crippen LogP contribution in [0.15, 0.2) is 30.5 Å². The van der Waals surface area contributed by atoms with Crippen LogP contribution in [0.1, 0.15) is 25.8 Å². The molecular weight excluding hydrogens is 314 g/mol. The minimum Gasteiger partial charge on any atom is -0.374 e. The summed E-state index contributed by atoms with van der Waals surface area (Å²) in [5.74, 6) is 0.749. The fourth-order valence-corrected chi connectivity index (χ4v) is 3.49. The molecule has 1 atom stereocenters. The van der Waals surface area contributed by atoms with E-state index < -0.39 is 0 Å². The Morgan fingerprint density at radius 2 is 2.24 bits per heavy atom. The van der Waals surface area contributed by atoms with Crippen molar-refractivity contribution < 1.29 is 9.53 Å². The fourth-order valence-electron chi connectivity index (χ4n) is 3.49. The van der Waals surface area contributed by atoms with Gasteiger partial charge in [0.25, 0.3) is 0 Å². The summed E-state index contributed by atoms with van der Waals surface area (Å²) in [5, 5.41) is 4.24. The van der Waals surface area contributed by atoms with E-state index in [1.54, 1.807) is 0 Å². The number of hydrogen-bond donors (Lipinski definition) is 2. The summed E-state index contributed by atoms with van der Waals surface area (Å²) in [7, 11) is 0. The molecule has 1 aliphatic heterocycles. The van der Waals surface area contributed by atoms with Crippen molar-refractivity contribution in [2.24, 2.45) is 5.92 Å². The molecule has 1 unspecified atom stereocenters. The Morgan fingerprint density at radius 1 is 1.40 bits per heavy atom. The molecule has 5 nitrogen and oxygen atoms in total. The maximum Gasteiger partial charge on any atom is 0.220 e. The average molecular weight is 343 g/mol. The zero-order valence-corrected chi connectivity index (χ0v) is 15.3. The number of morpholine rings is 1. The van der Waals surface area contributed by atoms with E-state index in [0.717, 1.165) is 38.2 Å². The smallest absolute Gasteiger partial charge is 0.220 e. The van der Waals surface area contributed by atoms with Crippen molar-refractivity contribution in [3.8, 4) is 0 Å². The number of ether oxygens (including phenoxy) is 1. The van der Waals surface area contributed by atoms with Gasteiger partial charge < -0.3 is 15.0 Å². The number of amides is 1. The third-order valence-corrected chi connectivity index (χ3v) is 4.67. The molecule has 136 valence electrons. The molecule has 1 saturated heterocycles. The standard InChI is InChI=1S/C20H29N3O2/c1-15(2)13-23-9-10-25-17(14-23)12-22-20(24)8-7-16-11-21-19-6-4-3-5-18(16)19/h3-6,11,15,17,21H,7-10,12-14H2,1-2H3,(H,22,24). The lowest BCUT2D eigenvalue weighted by atomic mass is 10.1. The van der Waals surface area contributed by atoms with Gasteiger partial charge in [-0.1, -0.05) is 32.0 Å². The summed E-state index contributed by atoms with van der Waals surface area (Å²) in [5.41, 5.74) is 2.32. The topological polar surface area (TPSA) is 57.4 Å². The van der Waals surface area contributed by atoms with Gasteiger partial charge in [0.05, 0.1) is 12.7 Å². The molecule has 5 heteroatoms. The van der Waals surface area contributed by atoms with Crippen LogP contribution in [-0.2, 0) is 16.0 Å². The number of aromatic amines is 1. The Morgan fingerprint density at radius 3 is 3.08 bits per heavy atom. The highest BCUT2D eigenvalue weighted by Gasteiger charge is 2.21. The molecule has 0 bridgehead atoms. The monoisotopic (exact) mass is 343 g/mol. The van der Waals surface area contributed by atoms with Gasteiger partial charge >= 0.3 is 0 Å². The van der Waals surface area contributed by atoms with Crippen molar-refractivity contribution in [3.05, 3.63) is 36.0 Å². The maximum absolute atomic E-state index is 12.2. The number of H-pyrrole nitrogens is 1. The number of aryl methyl sites for hydroxylation is 1. The van der Waals surface area contributed by atoms with E-state index in [1.165, 1.54) is 10.9 Å². The van der Waals surface area contributed by atoms with Crippen molar-refractivity contribution in [2.75, 3.05) is 32.8 Å². The molecule has 1 amide bonds. The maximum atomic E-state index is 12.2. The van der Waals surface area contributed by atoms with Gasteiger partial charge in [0.15, 0.2) is 0 Å². The number of fused-ring (bicyclic) bond motifs is 1. The summed E-state index contributed by atoms with van der Waals surface area (Å²) in [6.07, 6.45) is 3.36. The van der Waals surface area contributed by atoms with E-state index in [2.05, 4.69) is 41.2 Å². The third kappa shape index (κ3) is 5.06. The van der Waals surface area contributed by atoms with E-state index in [4.69, 9.17) is 4.74 Å². The zero-order chi connectivity index (χ0) is 17.6. The first-order valence-electron chi connectivity index (χ1n) is 9.27. The molecule has 1 aromatic heterocycles. The van der Waals surface area contributed by atoms with Crippen LogP contribution in [0.25, 0.3) is 10.9 Å². The van der Waals surface area contributed by atoms with Crippen molar-refractivity contribution in [1.29, 1.82) is 0 Å². The van der Waals surface area contributed by atoms with Crippen LogP contribution in [0, 0.1) is 5.92 Å². The van der Waals surface area contributed by atoms with E-state index in [1.807, 2.05) is 18.3 Å². The number of carbonyl (C=O) groups excluding carboxylic acids is 1. The molecule has 0 spiro atoms. The highest BCUT2D eigenvalue weighted by Crippen LogP contribution is 2.18. The largest absolute Gasteiger partial charge is 0.374 e. The quantitative estimate of drug-likeness (QED) is 0.812. The second-order valence-corrected chi connectivity index (χ2v) is 7.31. The first kappa shape index (κ1) is 18.0. The number of aromatic nitrogens is 1. The Balaban J connectivity index is 1.42. The molecule has 25 heavy (non-hydrogen) atoms. The first-order valence-corrected chi connectivity index (χ1v) is 9.27. The van der Waals surface area contributed by atoms with Gasteiger partial charge in [-0.3, -0.25) is 9.69 Å². The minimum absolute atomic E-state index is 0.0925. The molecule has 1 aromatic carbocycles. The molecule has 2 aromatic rings. The number of nitrogens with zero attached hydrogens (tertiary/aromatic N) is 1. The van der Waals surface area contributed by atoms with Crippen molar-refractivity contribution in [3.63, 3.8) is 0 Å². The van der Waals surface area contributed by atoms with Crippen molar-refractivity contribution in [1.82, 2.24) is 15.2 Å². The number of rotatable bonds is 7. The Bertz CT molecular complexity index is 695. The van der Waals surface area contributed by atoms with Gasteiger partial charge in [0.2, 0.25) is 5.91 Å². The van der Waals surface area contributed by atoms with Gasteiger partial charge in [-0.2, -0.15) is 0 Å². The van der Waals surface area contributed by atoms with E-state index in [9.17, 15) is 4.79 Å². The first-order chi connectivity index (χ1) is 12.1. The zero-order valence-electron chi connectivity index (χ0n) is 15.3. The van der Waals surface area contributed by atoms with Crippen LogP contribution >= 0.6 is 0 Å². The van der Waals surface area contributed by atoms with Gasteiger partial charge in [-0.05, 0) is 24.0 Å². The minimum atomic E-state index is 0.0925. The molecule has 0 saturated carbocycles.